The highest BCUT2D eigenvalue weighted by Gasteiger charge is 2.41. The van der Waals surface area contributed by atoms with Gasteiger partial charge in [-0.05, 0) is 55.0 Å². The molecule has 1 aromatic rings. The Labute approximate surface area is 154 Å². The molecule has 0 saturated carbocycles. The van der Waals surface area contributed by atoms with Gasteiger partial charge in [0, 0.05) is 0 Å². The van der Waals surface area contributed by atoms with Crippen LogP contribution in [-0.4, -0.2) is 47.5 Å². The van der Waals surface area contributed by atoms with Crippen molar-refractivity contribution in [3.63, 3.8) is 0 Å². The number of sulfone groups is 1. The van der Waals surface area contributed by atoms with Gasteiger partial charge in [-0.15, -0.1) is 0 Å². The van der Waals surface area contributed by atoms with Gasteiger partial charge in [0.25, 0.3) is 0 Å². The van der Waals surface area contributed by atoms with Crippen LogP contribution in [0.3, 0.4) is 0 Å². The summed E-state index contributed by atoms with van der Waals surface area (Å²) < 4.78 is 30.0. The van der Waals surface area contributed by atoms with Gasteiger partial charge in [0.15, 0.2) is 9.84 Å². The molecule has 1 aromatic heterocycles. The Morgan fingerprint density at radius 1 is 1.35 bits per heavy atom. The molecule has 26 heavy (non-hydrogen) atoms. The first-order chi connectivity index (χ1) is 12.2. The molecule has 0 bridgehead atoms. The van der Waals surface area contributed by atoms with Crippen molar-refractivity contribution in [2.24, 2.45) is 5.92 Å². The van der Waals surface area contributed by atoms with E-state index < -0.39 is 27.8 Å². The number of aliphatic hydroxyl groups excluding tert-OH is 3. The topological polar surface area (TPSA) is 108 Å². The maximum Gasteiger partial charge on any atom is 0.163 e. The van der Waals surface area contributed by atoms with Gasteiger partial charge in [0.2, 0.25) is 0 Å². The number of furan rings is 1. The van der Waals surface area contributed by atoms with Gasteiger partial charge >= 0.3 is 0 Å². The first kappa shape index (κ1) is 20.9. The first-order valence-corrected chi connectivity index (χ1v) is 10.5. The highest BCUT2D eigenvalue weighted by molar-refractivity contribution is 7.92. The monoisotopic (exact) mass is 384 g/mol. The summed E-state index contributed by atoms with van der Waals surface area (Å²) in [6, 6.07) is 3.46. The minimum Gasteiger partial charge on any atom is -0.459 e. The smallest absolute Gasteiger partial charge is 0.163 e. The van der Waals surface area contributed by atoms with E-state index in [0.717, 1.165) is 11.1 Å². The molecule has 3 N–H and O–H groups in total. The maximum absolute atomic E-state index is 12.3. The van der Waals surface area contributed by atoms with E-state index in [2.05, 4.69) is 0 Å². The lowest BCUT2D eigenvalue weighted by Gasteiger charge is -2.20. The summed E-state index contributed by atoms with van der Waals surface area (Å²) in [5.41, 5.74) is 2.16. The fraction of sp³-hybridized carbons (Fsp3) is 0.579. The van der Waals surface area contributed by atoms with Crippen LogP contribution in [0.15, 0.2) is 33.3 Å². The van der Waals surface area contributed by atoms with Gasteiger partial charge in [0.05, 0.1) is 18.5 Å². The summed E-state index contributed by atoms with van der Waals surface area (Å²) in [6.07, 6.45) is 1.85. The van der Waals surface area contributed by atoms with Crippen molar-refractivity contribution < 1.29 is 28.2 Å². The molecular weight excluding hydrogens is 356 g/mol. The van der Waals surface area contributed by atoms with Crippen LogP contribution >= 0.6 is 0 Å². The third kappa shape index (κ3) is 4.65. The number of aliphatic hydroxyl groups is 3. The van der Waals surface area contributed by atoms with Gasteiger partial charge < -0.3 is 19.7 Å². The minimum absolute atomic E-state index is 0.00244. The molecule has 0 amide bonds. The number of hydrogen-bond donors (Lipinski definition) is 3. The molecule has 6 nitrogen and oxygen atoms in total. The fourth-order valence-corrected chi connectivity index (χ4v) is 5.39. The number of allylic oxidation sites excluding steroid dienone is 1. The van der Waals surface area contributed by atoms with Crippen molar-refractivity contribution in [2.75, 3.05) is 12.4 Å². The van der Waals surface area contributed by atoms with Crippen LogP contribution < -0.4 is 0 Å². The second-order valence-electron chi connectivity index (χ2n) is 7.12. The highest BCUT2D eigenvalue weighted by Crippen LogP contribution is 2.35. The molecule has 0 unspecified atom stereocenters. The maximum atomic E-state index is 12.3. The Bertz CT molecular complexity index is 785. The molecule has 0 fully saturated rings. The van der Waals surface area contributed by atoms with Crippen molar-refractivity contribution in [1.82, 2.24) is 0 Å². The highest BCUT2D eigenvalue weighted by atomic mass is 32.2. The normalized spacial score (nSPS) is 21.7. The van der Waals surface area contributed by atoms with E-state index in [1.807, 2.05) is 26.8 Å². The summed E-state index contributed by atoms with van der Waals surface area (Å²) in [7, 11) is -3.45. The Morgan fingerprint density at radius 2 is 2.04 bits per heavy atom. The molecule has 0 spiro atoms. The van der Waals surface area contributed by atoms with Gasteiger partial charge in [-0.2, -0.15) is 0 Å². The van der Waals surface area contributed by atoms with Crippen LogP contribution in [0.25, 0.3) is 6.08 Å². The molecule has 1 aliphatic rings. The van der Waals surface area contributed by atoms with Crippen molar-refractivity contribution in [2.45, 2.75) is 51.6 Å². The molecule has 0 radical (unpaired) electrons. The molecule has 2 heterocycles. The van der Waals surface area contributed by atoms with Crippen LogP contribution in [0, 0.1) is 5.92 Å². The minimum atomic E-state index is -3.45. The Hall–Kier alpha value is -1.41. The zero-order valence-electron chi connectivity index (χ0n) is 15.5. The Morgan fingerprint density at radius 3 is 2.58 bits per heavy atom. The third-order valence-corrected chi connectivity index (χ3v) is 6.75. The third-order valence-electron chi connectivity index (χ3n) is 4.77. The molecule has 0 aliphatic carbocycles. The summed E-state index contributed by atoms with van der Waals surface area (Å²) in [5.74, 6) is 1.02. The molecule has 146 valence electrons. The zero-order valence-corrected chi connectivity index (χ0v) is 16.3. The zero-order chi connectivity index (χ0) is 19.5. The lowest BCUT2D eigenvalue weighted by Crippen LogP contribution is -2.29. The Kier molecular flexibility index (Phi) is 6.85. The Balaban J connectivity index is 2.12. The van der Waals surface area contributed by atoms with E-state index >= 15 is 0 Å². The van der Waals surface area contributed by atoms with Crippen molar-refractivity contribution in [3.8, 4) is 0 Å². The van der Waals surface area contributed by atoms with E-state index in [-0.39, 0.29) is 18.3 Å². The molecule has 0 aromatic carbocycles. The van der Waals surface area contributed by atoms with E-state index in [9.17, 15) is 18.6 Å². The van der Waals surface area contributed by atoms with E-state index in [1.165, 1.54) is 0 Å². The van der Waals surface area contributed by atoms with E-state index in [0.29, 0.717) is 29.9 Å². The van der Waals surface area contributed by atoms with Crippen LogP contribution in [0.1, 0.15) is 45.1 Å². The van der Waals surface area contributed by atoms with Crippen molar-refractivity contribution >= 4 is 15.9 Å². The average molecular weight is 384 g/mol. The number of hydrogen-bond acceptors (Lipinski definition) is 6. The average Bonchev–Trinajstić information content (AvgIpc) is 3.13. The molecular formula is C19H28O6S. The fourth-order valence-electron chi connectivity index (χ4n) is 3.33. The van der Waals surface area contributed by atoms with E-state index in [1.54, 1.807) is 12.1 Å². The van der Waals surface area contributed by atoms with Gasteiger partial charge in [0.1, 0.15) is 23.4 Å². The van der Waals surface area contributed by atoms with Gasteiger partial charge in [-0.3, -0.25) is 0 Å². The van der Waals surface area contributed by atoms with Crippen LogP contribution in [0.5, 0.6) is 0 Å². The second-order valence-corrected chi connectivity index (χ2v) is 9.30. The quantitative estimate of drug-likeness (QED) is 0.592. The number of rotatable bonds is 8. The van der Waals surface area contributed by atoms with Gasteiger partial charge in [-0.25, -0.2) is 8.42 Å². The first-order valence-electron chi connectivity index (χ1n) is 8.79. The SMILES string of the molecule is C/C(=C\c1ccc(CO)o1)CC[C@@H](O)C1=C(C(C)C)CS(=O)(=O)[C@H]1CO. The molecule has 2 atom stereocenters. The predicted octanol–water partition coefficient (Wildman–Crippen LogP) is 2.06. The van der Waals surface area contributed by atoms with E-state index in [4.69, 9.17) is 9.52 Å². The van der Waals surface area contributed by atoms with Crippen LogP contribution in [0.2, 0.25) is 0 Å². The largest absolute Gasteiger partial charge is 0.459 e. The van der Waals surface area contributed by atoms with Gasteiger partial charge in [-0.1, -0.05) is 19.4 Å². The second kappa shape index (κ2) is 8.52. The molecule has 7 heteroatoms. The standard InChI is InChI=1S/C19H28O6S/c1-12(2)16-11-26(23,24)18(10-21)19(16)17(22)7-4-13(3)8-14-5-6-15(9-20)25-14/h5-6,8,12,17-18,20-22H,4,7,9-11H2,1-3H3/b13-8+/t17-,18+/m1/s1. The van der Waals surface area contributed by atoms with Crippen molar-refractivity contribution in [1.29, 1.82) is 0 Å². The lowest BCUT2D eigenvalue weighted by atomic mass is 9.90. The molecule has 2 rings (SSSR count). The van der Waals surface area contributed by atoms with Crippen LogP contribution in [-0.2, 0) is 16.4 Å². The molecule has 1 aliphatic heterocycles. The van der Waals surface area contributed by atoms with Crippen molar-refractivity contribution in [3.05, 3.63) is 40.4 Å². The van der Waals surface area contributed by atoms with Crippen LogP contribution in [0.4, 0.5) is 0 Å². The summed E-state index contributed by atoms with van der Waals surface area (Å²) in [5, 5.41) is 28.2. The summed E-state index contributed by atoms with van der Waals surface area (Å²) >= 11 is 0. The predicted molar refractivity (Wildman–Crippen MR) is 100 cm³/mol. The molecule has 0 saturated heterocycles. The summed E-state index contributed by atoms with van der Waals surface area (Å²) in [6.45, 7) is 5.04. The lowest BCUT2D eigenvalue weighted by molar-refractivity contribution is 0.188. The summed E-state index contributed by atoms with van der Waals surface area (Å²) in [4.78, 5) is 0.